The first-order chi connectivity index (χ1) is 10.4. The van der Waals surface area contributed by atoms with Gasteiger partial charge in [0.25, 0.3) is 0 Å². The molecule has 1 unspecified atom stereocenters. The summed E-state index contributed by atoms with van der Waals surface area (Å²) in [6, 6.07) is 5.10. The Morgan fingerprint density at radius 1 is 1.32 bits per heavy atom. The fourth-order valence-electron chi connectivity index (χ4n) is 1.96. The Morgan fingerprint density at radius 2 is 2.05 bits per heavy atom. The van der Waals surface area contributed by atoms with E-state index in [9.17, 15) is 9.00 Å². The van der Waals surface area contributed by atoms with Crippen molar-refractivity contribution in [1.82, 2.24) is 14.9 Å². The minimum absolute atomic E-state index is 0.123. The van der Waals surface area contributed by atoms with Gasteiger partial charge in [-0.1, -0.05) is 11.6 Å². The molecule has 22 heavy (non-hydrogen) atoms. The summed E-state index contributed by atoms with van der Waals surface area (Å²) in [6.45, 7) is 1.38. The number of amidine groups is 1. The largest absolute Gasteiger partial charge is 0.291 e. The van der Waals surface area contributed by atoms with Crippen LogP contribution < -0.4 is 5.01 Å². The van der Waals surface area contributed by atoms with Crippen LogP contribution in [-0.4, -0.2) is 44.2 Å². The van der Waals surface area contributed by atoms with Crippen molar-refractivity contribution in [3.63, 3.8) is 0 Å². The predicted molar refractivity (Wildman–Crippen MR) is 85.2 cm³/mol. The molecule has 1 aromatic carbocycles. The van der Waals surface area contributed by atoms with Gasteiger partial charge >= 0.3 is 0 Å². The number of hydrogen-bond donors (Lipinski definition) is 0. The molecule has 1 aliphatic heterocycles. The second-order valence-electron chi connectivity index (χ2n) is 4.74. The Labute approximate surface area is 134 Å². The van der Waals surface area contributed by atoms with Crippen molar-refractivity contribution in [2.45, 2.75) is 11.9 Å². The topological polar surface area (TPSA) is 78.8 Å². The Bertz CT molecular complexity index is 854. The monoisotopic (exact) mass is 337 g/mol. The number of fused-ring (bicyclic) bond motifs is 2. The first kappa shape index (κ1) is 14.9. The number of hydrogen-bond acceptors (Lipinski definition) is 6. The molecule has 0 fully saturated rings. The van der Waals surface area contributed by atoms with Gasteiger partial charge in [-0.05, 0) is 18.2 Å². The Balaban J connectivity index is 2.19. The van der Waals surface area contributed by atoms with Crippen LogP contribution in [-0.2, 0) is 15.6 Å². The zero-order valence-electron chi connectivity index (χ0n) is 12.1. The third-order valence-corrected chi connectivity index (χ3v) is 4.77. The first-order valence-corrected chi connectivity index (χ1v) is 7.87. The summed E-state index contributed by atoms with van der Waals surface area (Å²) in [5.74, 6) is 0.134. The third kappa shape index (κ3) is 2.34. The molecule has 0 aliphatic carbocycles. The van der Waals surface area contributed by atoms with Crippen LogP contribution in [0.5, 0.6) is 0 Å². The van der Waals surface area contributed by atoms with Crippen molar-refractivity contribution in [3.05, 3.63) is 23.2 Å². The van der Waals surface area contributed by atoms with E-state index in [0.717, 1.165) is 0 Å². The van der Waals surface area contributed by atoms with Crippen molar-refractivity contribution >= 4 is 50.3 Å². The number of amides is 1. The SMILES string of the molecule is CC(=O)N(C)C1=NN(C)c2nc3ccc(Cl)cc3nc2S1=O. The second kappa shape index (κ2) is 5.29. The van der Waals surface area contributed by atoms with Gasteiger partial charge in [0, 0.05) is 26.0 Å². The van der Waals surface area contributed by atoms with Gasteiger partial charge in [0.2, 0.25) is 11.1 Å². The minimum atomic E-state index is -1.69. The average molecular weight is 338 g/mol. The highest BCUT2D eigenvalue weighted by atomic mass is 35.5. The molecule has 0 radical (unpaired) electrons. The van der Waals surface area contributed by atoms with Gasteiger partial charge in [-0.2, -0.15) is 0 Å². The molecule has 3 rings (SSSR count). The van der Waals surface area contributed by atoms with Gasteiger partial charge in [0.15, 0.2) is 10.8 Å². The number of carbonyl (C=O) groups excluding carboxylic acids is 1. The number of hydrazone groups is 1. The molecule has 2 heterocycles. The Morgan fingerprint density at radius 3 is 2.73 bits per heavy atom. The highest BCUT2D eigenvalue weighted by Crippen LogP contribution is 2.28. The lowest BCUT2D eigenvalue weighted by atomic mass is 10.3. The van der Waals surface area contributed by atoms with Gasteiger partial charge in [-0.25, -0.2) is 19.2 Å². The molecule has 0 N–H and O–H groups in total. The molecule has 9 heteroatoms. The van der Waals surface area contributed by atoms with Crippen LogP contribution in [0.15, 0.2) is 28.3 Å². The maximum absolute atomic E-state index is 12.7. The van der Waals surface area contributed by atoms with Crippen molar-refractivity contribution < 1.29 is 9.00 Å². The summed E-state index contributed by atoms with van der Waals surface area (Å²) in [5, 5.41) is 6.54. The standard InChI is InChI=1S/C13H12ClN5O2S/c1-7(20)18(2)13-17-19(3)11-12(22(13)21)16-10-6-8(14)4-5-9(10)15-11/h4-6H,1-3H3. The quantitative estimate of drug-likeness (QED) is 0.729. The number of halogens is 1. The summed E-state index contributed by atoms with van der Waals surface area (Å²) >= 11 is 5.96. The highest BCUT2D eigenvalue weighted by Gasteiger charge is 2.31. The van der Waals surface area contributed by atoms with Crippen LogP contribution >= 0.6 is 11.6 Å². The summed E-state index contributed by atoms with van der Waals surface area (Å²) < 4.78 is 12.7. The number of carbonyl (C=O) groups is 1. The highest BCUT2D eigenvalue weighted by molar-refractivity contribution is 8.00. The molecule has 1 atom stereocenters. The summed E-state index contributed by atoms with van der Waals surface area (Å²) in [6.07, 6.45) is 0. The lowest BCUT2D eigenvalue weighted by Crippen LogP contribution is -2.39. The molecule has 1 aliphatic rings. The van der Waals surface area contributed by atoms with Gasteiger partial charge in [-0.15, -0.1) is 5.10 Å². The van der Waals surface area contributed by atoms with E-state index in [1.54, 1.807) is 25.2 Å². The van der Waals surface area contributed by atoms with Crippen LogP contribution in [0.25, 0.3) is 11.0 Å². The van der Waals surface area contributed by atoms with E-state index in [0.29, 0.717) is 21.9 Å². The third-order valence-electron chi connectivity index (χ3n) is 3.22. The summed E-state index contributed by atoms with van der Waals surface area (Å²) in [5.41, 5.74) is 1.17. The molecule has 0 spiro atoms. The molecular formula is C13H12ClN5O2S. The number of rotatable bonds is 0. The number of aromatic nitrogens is 2. The van der Waals surface area contributed by atoms with E-state index in [1.807, 2.05) is 0 Å². The fourth-order valence-corrected chi connectivity index (χ4v) is 3.40. The summed E-state index contributed by atoms with van der Waals surface area (Å²) in [4.78, 5) is 21.6. The molecule has 0 saturated heterocycles. The van der Waals surface area contributed by atoms with Gasteiger partial charge < -0.3 is 0 Å². The van der Waals surface area contributed by atoms with Crippen molar-refractivity contribution in [1.29, 1.82) is 0 Å². The molecular weight excluding hydrogens is 326 g/mol. The van der Waals surface area contributed by atoms with E-state index in [4.69, 9.17) is 11.6 Å². The van der Waals surface area contributed by atoms with Crippen LogP contribution in [0.2, 0.25) is 5.02 Å². The molecule has 2 aromatic rings. The fraction of sp³-hybridized carbons (Fsp3) is 0.231. The van der Waals surface area contributed by atoms with Gasteiger partial charge in [-0.3, -0.25) is 9.69 Å². The van der Waals surface area contributed by atoms with E-state index in [2.05, 4.69) is 15.1 Å². The van der Waals surface area contributed by atoms with E-state index in [-0.39, 0.29) is 16.1 Å². The summed E-state index contributed by atoms with van der Waals surface area (Å²) in [7, 11) is 1.49. The normalized spacial score (nSPS) is 17.2. The first-order valence-electron chi connectivity index (χ1n) is 6.34. The van der Waals surface area contributed by atoms with Crippen LogP contribution in [0.3, 0.4) is 0 Å². The van der Waals surface area contributed by atoms with Gasteiger partial charge in [0.05, 0.1) is 11.0 Å². The molecule has 7 nitrogen and oxygen atoms in total. The van der Waals surface area contributed by atoms with E-state index < -0.39 is 10.8 Å². The predicted octanol–water partition coefficient (Wildman–Crippen LogP) is 1.59. The lowest BCUT2D eigenvalue weighted by molar-refractivity contribution is -0.124. The molecule has 114 valence electrons. The Hall–Kier alpha value is -2.06. The minimum Gasteiger partial charge on any atom is -0.291 e. The number of nitrogens with zero attached hydrogens (tertiary/aromatic N) is 5. The molecule has 1 amide bonds. The van der Waals surface area contributed by atoms with Crippen molar-refractivity contribution in [2.75, 3.05) is 19.1 Å². The van der Waals surface area contributed by atoms with Crippen LogP contribution in [0, 0.1) is 0 Å². The second-order valence-corrected chi connectivity index (χ2v) is 6.46. The molecule has 1 aromatic heterocycles. The van der Waals surface area contributed by atoms with Crippen molar-refractivity contribution in [3.8, 4) is 0 Å². The maximum Gasteiger partial charge on any atom is 0.227 e. The molecule has 0 bridgehead atoms. The maximum atomic E-state index is 12.7. The average Bonchev–Trinajstić information content (AvgIpc) is 2.48. The van der Waals surface area contributed by atoms with Crippen molar-refractivity contribution in [2.24, 2.45) is 5.10 Å². The van der Waals surface area contributed by atoms with E-state index >= 15 is 0 Å². The van der Waals surface area contributed by atoms with E-state index in [1.165, 1.54) is 23.9 Å². The lowest BCUT2D eigenvalue weighted by Gasteiger charge is -2.25. The Kier molecular flexibility index (Phi) is 3.57. The zero-order chi connectivity index (χ0) is 16.0. The smallest absolute Gasteiger partial charge is 0.227 e. The van der Waals surface area contributed by atoms with Crippen LogP contribution in [0.4, 0.5) is 5.82 Å². The molecule has 0 saturated carbocycles. The van der Waals surface area contributed by atoms with Gasteiger partial charge in [0.1, 0.15) is 10.8 Å². The zero-order valence-corrected chi connectivity index (χ0v) is 13.6. The number of anilines is 1. The van der Waals surface area contributed by atoms with Crippen LogP contribution in [0.1, 0.15) is 6.92 Å². The number of benzene rings is 1.